The van der Waals surface area contributed by atoms with Crippen molar-refractivity contribution >= 4 is 11.9 Å². The summed E-state index contributed by atoms with van der Waals surface area (Å²) in [5.41, 5.74) is 0. The van der Waals surface area contributed by atoms with Crippen LogP contribution in [0.25, 0.3) is 0 Å². The lowest BCUT2D eigenvalue weighted by Gasteiger charge is -2.26. The molecule has 2 unspecified atom stereocenters. The predicted molar refractivity (Wildman–Crippen MR) is 58.7 cm³/mol. The minimum absolute atomic E-state index is 0.314. The van der Waals surface area contributed by atoms with Crippen LogP contribution in [0, 0.1) is 0 Å². The fourth-order valence-electron chi connectivity index (χ4n) is 1.81. The smallest absolute Gasteiger partial charge is 0.303 e. The second-order valence-electron chi connectivity index (χ2n) is 3.93. The molecule has 4 nitrogen and oxygen atoms in total. The van der Waals surface area contributed by atoms with Gasteiger partial charge in [-0.05, 0) is 19.3 Å². The van der Waals surface area contributed by atoms with E-state index < -0.39 is 0 Å². The maximum Gasteiger partial charge on any atom is 0.303 e. The summed E-state index contributed by atoms with van der Waals surface area (Å²) in [7, 11) is 0. The zero-order valence-electron chi connectivity index (χ0n) is 9.77. The van der Waals surface area contributed by atoms with Crippen LogP contribution in [0.5, 0.6) is 0 Å². The van der Waals surface area contributed by atoms with Crippen molar-refractivity contribution in [3.63, 3.8) is 0 Å². The van der Waals surface area contributed by atoms with Gasteiger partial charge in [-0.15, -0.1) is 0 Å². The first-order chi connectivity index (χ1) is 7.59. The van der Waals surface area contributed by atoms with E-state index in [2.05, 4.69) is 6.08 Å². The van der Waals surface area contributed by atoms with E-state index in [0.717, 1.165) is 19.3 Å². The van der Waals surface area contributed by atoms with Gasteiger partial charge in [0, 0.05) is 20.3 Å². The second kappa shape index (κ2) is 6.30. The quantitative estimate of drug-likeness (QED) is 0.533. The van der Waals surface area contributed by atoms with Crippen molar-refractivity contribution in [1.82, 2.24) is 0 Å². The molecule has 0 fully saturated rings. The molecule has 0 aliphatic heterocycles. The summed E-state index contributed by atoms with van der Waals surface area (Å²) in [4.78, 5) is 21.9. The van der Waals surface area contributed by atoms with Gasteiger partial charge in [0.15, 0.2) is 0 Å². The summed E-state index contributed by atoms with van der Waals surface area (Å²) in [5, 5.41) is 0. The summed E-state index contributed by atoms with van der Waals surface area (Å²) in [6.07, 6.45) is 6.64. The van der Waals surface area contributed by atoms with E-state index in [4.69, 9.17) is 9.47 Å². The standard InChI is InChI=1S/C12H18O4/c1-9(13)15-11-7-5-3-4-6-8-12(11)16-10(2)14/h3,5,11-12H,4,6-8H2,1-2H3/b5-3-. The minimum atomic E-state index is -0.349. The number of hydrogen-bond donors (Lipinski definition) is 0. The summed E-state index contributed by atoms with van der Waals surface area (Å²) in [6.45, 7) is 2.74. The molecular weight excluding hydrogens is 208 g/mol. The largest absolute Gasteiger partial charge is 0.459 e. The molecule has 0 amide bonds. The van der Waals surface area contributed by atoms with Crippen molar-refractivity contribution in [2.24, 2.45) is 0 Å². The number of carbonyl (C=O) groups is 2. The fourth-order valence-corrected chi connectivity index (χ4v) is 1.81. The van der Waals surface area contributed by atoms with E-state index in [-0.39, 0.29) is 24.1 Å². The van der Waals surface area contributed by atoms with Gasteiger partial charge in [0.05, 0.1) is 0 Å². The van der Waals surface area contributed by atoms with Gasteiger partial charge in [-0.1, -0.05) is 12.2 Å². The van der Waals surface area contributed by atoms with E-state index in [0.29, 0.717) is 6.42 Å². The first-order valence-corrected chi connectivity index (χ1v) is 5.59. The number of allylic oxidation sites excluding steroid dienone is 1. The Labute approximate surface area is 95.6 Å². The molecule has 0 bridgehead atoms. The molecule has 0 saturated heterocycles. The van der Waals surface area contributed by atoms with Crippen LogP contribution in [0.2, 0.25) is 0 Å². The molecule has 0 aromatic carbocycles. The van der Waals surface area contributed by atoms with Gasteiger partial charge in [0.2, 0.25) is 0 Å². The van der Waals surface area contributed by atoms with E-state index >= 15 is 0 Å². The SMILES string of the molecule is CC(=O)OC1C/C=C\CCCC1OC(C)=O. The van der Waals surface area contributed by atoms with Crippen LogP contribution in [-0.4, -0.2) is 24.1 Å². The summed E-state index contributed by atoms with van der Waals surface area (Å²) >= 11 is 0. The Balaban J connectivity index is 2.66. The predicted octanol–water partition coefficient (Wildman–Crippen LogP) is 1.98. The van der Waals surface area contributed by atoms with Gasteiger partial charge in [-0.25, -0.2) is 0 Å². The van der Waals surface area contributed by atoms with Crippen molar-refractivity contribution in [2.75, 3.05) is 0 Å². The molecule has 1 aliphatic carbocycles. The molecule has 0 spiro atoms. The van der Waals surface area contributed by atoms with Crippen molar-refractivity contribution < 1.29 is 19.1 Å². The maximum absolute atomic E-state index is 11.0. The molecule has 4 heteroatoms. The minimum Gasteiger partial charge on any atom is -0.459 e. The Kier molecular flexibility index (Phi) is 5.02. The molecule has 1 aliphatic rings. The first-order valence-electron chi connectivity index (χ1n) is 5.59. The van der Waals surface area contributed by atoms with Gasteiger partial charge in [0.1, 0.15) is 12.2 Å². The van der Waals surface area contributed by atoms with Gasteiger partial charge in [-0.2, -0.15) is 0 Å². The summed E-state index contributed by atoms with van der Waals surface area (Å²) in [5.74, 6) is -0.664. The highest BCUT2D eigenvalue weighted by molar-refractivity contribution is 5.67. The second-order valence-corrected chi connectivity index (χ2v) is 3.93. The lowest BCUT2D eigenvalue weighted by molar-refractivity contribution is -0.165. The molecule has 0 heterocycles. The number of hydrogen-bond acceptors (Lipinski definition) is 4. The van der Waals surface area contributed by atoms with Gasteiger partial charge < -0.3 is 9.47 Å². The lowest BCUT2D eigenvalue weighted by Crippen LogP contribution is -2.34. The Morgan fingerprint density at radius 1 is 1.06 bits per heavy atom. The highest BCUT2D eigenvalue weighted by Gasteiger charge is 2.26. The molecule has 0 N–H and O–H groups in total. The van der Waals surface area contributed by atoms with Crippen LogP contribution >= 0.6 is 0 Å². The third kappa shape index (κ3) is 4.47. The van der Waals surface area contributed by atoms with E-state index in [9.17, 15) is 9.59 Å². The molecule has 1 rings (SSSR count). The number of esters is 2. The van der Waals surface area contributed by atoms with Crippen LogP contribution in [-0.2, 0) is 19.1 Å². The molecule has 0 aromatic rings. The number of rotatable bonds is 2. The first kappa shape index (κ1) is 12.7. The molecule has 0 radical (unpaired) electrons. The summed E-state index contributed by atoms with van der Waals surface area (Å²) < 4.78 is 10.4. The van der Waals surface area contributed by atoms with E-state index in [1.165, 1.54) is 13.8 Å². The Morgan fingerprint density at radius 3 is 2.31 bits per heavy atom. The highest BCUT2D eigenvalue weighted by Crippen LogP contribution is 2.19. The molecular formula is C12H18O4. The van der Waals surface area contributed by atoms with Crippen LogP contribution in [0.4, 0.5) is 0 Å². The topological polar surface area (TPSA) is 52.6 Å². The van der Waals surface area contributed by atoms with Gasteiger partial charge in [0.25, 0.3) is 0 Å². The molecule has 2 atom stereocenters. The third-order valence-electron chi connectivity index (χ3n) is 2.44. The van der Waals surface area contributed by atoms with E-state index in [1.54, 1.807) is 0 Å². The average molecular weight is 226 g/mol. The normalized spacial score (nSPS) is 27.4. The number of ether oxygens (including phenoxy) is 2. The highest BCUT2D eigenvalue weighted by atomic mass is 16.6. The molecule has 90 valence electrons. The van der Waals surface area contributed by atoms with Gasteiger partial charge in [-0.3, -0.25) is 9.59 Å². The zero-order chi connectivity index (χ0) is 12.0. The van der Waals surface area contributed by atoms with Crippen LogP contribution in [0.3, 0.4) is 0 Å². The molecule has 0 aromatic heterocycles. The zero-order valence-corrected chi connectivity index (χ0v) is 9.77. The third-order valence-corrected chi connectivity index (χ3v) is 2.44. The van der Waals surface area contributed by atoms with Crippen LogP contribution in [0.1, 0.15) is 39.5 Å². The van der Waals surface area contributed by atoms with Crippen LogP contribution in [0.15, 0.2) is 12.2 Å². The number of carbonyl (C=O) groups excluding carboxylic acids is 2. The molecule has 0 saturated carbocycles. The Bertz CT molecular complexity index is 283. The van der Waals surface area contributed by atoms with Crippen LogP contribution < -0.4 is 0 Å². The lowest BCUT2D eigenvalue weighted by atomic mass is 10.0. The average Bonchev–Trinajstić information content (AvgIpc) is 2.15. The Hall–Kier alpha value is -1.32. The monoisotopic (exact) mass is 226 g/mol. The van der Waals surface area contributed by atoms with Gasteiger partial charge >= 0.3 is 11.9 Å². The van der Waals surface area contributed by atoms with Crippen molar-refractivity contribution in [2.45, 2.75) is 51.7 Å². The maximum atomic E-state index is 11.0. The molecule has 16 heavy (non-hydrogen) atoms. The van der Waals surface area contributed by atoms with Crippen molar-refractivity contribution in [1.29, 1.82) is 0 Å². The van der Waals surface area contributed by atoms with E-state index in [1.807, 2.05) is 6.08 Å². The Morgan fingerprint density at radius 2 is 1.69 bits per heavy atom. The summed E-state index contributed by atoms with van der Waals surface area (Å²) in [6, 6.07) is 0. The fraction of sp³-hybridized carbons (Fsp3) is 0.667. The van der Waals surface area contributed by atoms with Crippen molar-refractivity contribution in [3.8, 4) is 0 Å². The van der Waals surface area contributed by atoms with Crippen molar-refractivity contribution in [3.05, 3.63) is 12.2 Å².